The Kier molecular flexibility index (Phi) is 9.11. The molecule has 2 aromatic rings. The minimum absolute atomic E-state index is 0.00991. The minimum atomic E-state index is -0.809. The van der Waals surface area contributed by atoms with Crippen LogP contribution < -0.4 is 26.4 Å². The van der Waals surface area contributed by atoms with Gasteiger partial charge in [0.25, 0.3) is 11.8 Å². The molecule has 5 amide bonds. The van der Waals surface area contributed by atoms with Crippen molar-refractivity contribution in [3.8, 4) is 0 Å². The number of anilines is 2. The van der Waals surface area contributed by atoms with Crippen molar-refractivity contribution in [1.29, 1.82) is 0 Å². The number of nitrogens with zero attached hydrogens (tertiary/aromatic N) is 2. The van der Waals surface area contributed by atoms with E-state index in [9.17, 15) is 23.6 Å². The standard InChI is InChI=1S/C26H33FN6O5/c1-5-28-24(36)29-20-11-10-17(22(34)30-31-25(37)38-26(2,3)4)16-21(20)32-12-14-33(15-13-32)23(35)18-8-6-7-9-19(18)27/h6-11,16H,5,12-15H2,1-4H3,(H,30,34)(H,31,37)(H2,28,29,36). The second-order valence-corrected chi connectivity index (χ2v) is 9.56. The highest BCUT2D eigenvalue weighted by Crippen LogP contribution is 2.29. The Labute approximate surface area is 220 Å². The maximum absolute atomic E-state index is 14.1. The molecule has 11 nitrogen and oxygen atoms in total. The number of ether oxygens (including phenoxy) is 1. The maximum Gasteiger partial charge on any atom is 0.426 e. The molecule has 1 saturated heterocycles. The molecule has 0 radical (unpaired) electrons. The lowest BCUT2D eigenvalue weighted by Crippen LogP contribution is -2.49. The van der Waals surface area contributed by atoms with Gasteiger partial charge in [-0.25, -0.2) is 19.4 Å². The molecular formula is C26H33FN6O5. The SMILES string of the molecule is CCNC(=O)Nc1ccc(C(=O)NNC(=O)OC(C)(C)C)cc1N1CCN(C(=O)c2ccccc2F)CC1. The number of urea groups is 1. The molecule has 1 fully saturated rings. The molecule has 4 N–H and O–H groups in total. The molecule has 0 bridgehead atoms. The fraction of sp³-hybridized carbons (Fsp3) is 0.385. The van der Waals surface area contributed by atoms with E-state index in [1.165, 1.54) is 24.3 Å². The van der Waals surface area contributed by atoms with Crippen molar-refractivity contribution in [3.05, 3.63) is 59.4 Å². The molecule has 204 valence electrons. The van der Waals surface area contributed by atoms with Gasteiger partial charge in [-0.05, 0) is 58.0 Å². The summed E-state index contributed by atoms with van der Waals surface area (Å²) in [6.07, 6.45) is -0.809. The van der Waals surface area contributed by atoms with Gasteiger partial charge in [-0.2, -0.15) is 0 Å². The molecule has 3 rings (SSSR count). The van der Waals surface area contributed by atoms with Gasteiger partial charge in [0.05, 0.1) is 16.9 Å². The number of amides is 5. The van der Waals surface area contributed by atoms with E-state index in [0.717, 1.165) is 0 Å². The van der Waals surface area contributed by atoms with Gasteiger partial charge in [-0.3, -0.25) is 15.0 Å². The van der Waals surface area contributed by atoms with Gasteiger partial charge in [-0.15, -0.1) is 0 Å². The zero-order valence-corrected chi connectivity index (χ0v) is 21.9. The normalized spacial score (nSPS) is 13.4. The molecule has 1 heterocycles. The molecule has 38 heavy (non-hydrogen) atoms. The average Bonchev–Trinajstić information content (AvgIpc) is 2.86. The lowest BCUT2D eigenvalue weighted by molar-refractivity contribution is 0.0483. The largest absolute Gasteiger partial charge is 0.443 e. The van der Waals surface area contributed by atoms with Crippen LogP contribution in [0.5, 0.6) is 0 Å². The average molecular weight is 529 g/mol. The summed E-state index contributed by atoms with van der Waals surface area (Å²) in [5.41, 5.74) is 5.03. The monoisotopic (exact) mass is 528 g/mol. The summed E-state index contributed by atoms with van der Waals surface area (Å²) >= 11 is 0. The van der Waals surface area contributed by atoms with E-state index in [-0.39, 0.29) is 11.1 Å². The Hall–Kier alpha value is -4.35. The molecule has 1 aliphatic rings. The Morgan fingerprint density at radius 2 is 1.66 bits per heavy atom. The lowest BCUT2D eigenvalue weighted by Gasteiger charge is -2.37. The van der Waals surface area contributed by atoms with Crippen LogP contribution >= 0.6 is 0 Å². The summed E-state index contributed by atoms with van der Waals surface area (Å²) in [4.78, 5) is 53.1. The van der Waals surface area contributed by atoms with Gasteiger partial charge >= 0.3 is 12.1 Å². The molecule has 2 aromatic carbocycles. The number of rotatable bonds is 5. The third-order valence-electron chi connectivity index (χ3n) is 5.53. The van der Waals surface area contributed by atoms with Crippen LogP contribution in [0.25, 0.3) is 0 Å². The van der Waals surface area contributed by atoms with E-state index >= 15 is 0 Å². The Bertz CT molecular complexity index is 1190. The molecule has 1 aliphatic heterocycles. The van der Waals surface area contributed by atoms with Crippen molar-refractivity contribution >= 4 is 35.3 Å². The van der Waals surface area contributed by atoms with Crippen LogP contribution in [0, 0.1) is 5.82 Å². The number of nitrogens with one attached hydrogen (secondary N) is 4. The zero-order valence-electron chi connectivity index (χ0n) is 21.9. The summed E-state index contributed by atoms with van der Waals surface area (Å²) in [6, 6.07) is 10.1. The van der Waals surface area contributed by atoms with Gasteiger partial charge < -0.3 is 25.2 Å². The Balaban J connectivity index is 1.75. The molecular weight excluding hydrogens is 495 g/mol. The lowest BCUT2D eigenvalue weighted by atomic mass is 10.1. The molecule has 0 aromatic heterocycles. The molecule has 0 saturated carbocycles. The highest BCUT2D eigenvalue weighted by atomic mass is 19.1. The smallest absolute Gasteiger partial charge is 0.426 e. The van der Waals surface area contributed by atoms with Crippen LogP contribution in [0.15, 0.2) is 42.5 Å². The van der Waals surface area contributed by atoms with Crippen LogP contribution in [0.3, 0.4) is 0 Å². The van der Waals surface area contributed by atoms with Gasteiger partial charge in [0.1, 0.15) is 11.4 Å². The van der Waals surface area contributed by atoms with E-state index in [0.29, 0.717) is 44.1 Å². The second kappa shape index (κ2) is 12.3. The topological polar surface area (TPSA) is 132 Å². The second-order valence-electron chi connectivity index (χ2n) is 9.56. The number of hydrogen-bond acceptors (Lipinski definition) is 6. The zero-order chi connectivity index (χ0) is 27.9. The number of hydrazine groups is 1. The summed E-state index contributed by atoms with van der Waals surface area (Å²) in [6.45, 7) is 8.69. The number of benzene rings is 2. The highest BCUT2D eigenvalue weighted by Gasteiger charge is 2.26. The van der Waals surface area contributed by atoms with E-state index < -0.39 is 35.4 Å². The van der Waals surface area contributed by atoms with E-state index in [1.54, 1.807) is 50.8 Å². The molecule has 0 unspecified atom stereocenters. The predicted octanol–water partition coefficient (Wildman–Crippen LogP) is 3.10. The fourth-order valence-electron chi connectivity index (χ4n) is 3.81. The number of halogens is 1. The van der Waals surface area contributed by atoms with Crippen LogP contribution in [0.1, 0.15) is 48.4 Å². The van der Waals surface area contributed by atoms with E-state index in [1.807, 2.05) is 4.90 Å². The summed E-state index contributed by atoms with van der Waals surface area (Å²) in [5, 5.41) is 5.44. The third-order valence-corrected chi connectivity index (χ3v) is 5.53. The van der Waals surface area contributed by atoms with E-state index in [2.05, 4.69) is 21.5 Å². The molecule has 0 aliphatic carbocycles. The van der Waals surface area contributed by atoms with Crippen molar-refractivity contribution in [2.45, 2.75) is 33.3 Å². The molecule has 0 spiro atoms. The third kappa shape index (κ3) is 7.58. The molecule has 12 heteroatoms. The van der Waals surface area contributed by atoms with Gasteiger partial charge in [-0.1, -0.05) is 12.1 Å². The van der Waals surface area contributed by atoms with Crippen LogP contribution in [0.4, 0.5) is 25.4 Å². The first-order chi connectivity index (χ1) is 18.0. The first-order valence-electron chi connectivity index (χ1n) is 12.3. The highest BCUT2D eigenvalue weighted by molar-refractivity contribution is 5.99. The van der Waals surface area contributed by atoms with Crippen molar-refractivity contribution in [1.82, 2.24) is 21.1 Å². The predicted molar refractivity (Wildman–Crippen MR) is 140 cm³/mol. The fourth-order valence-corrected chi connectivity index (χ4v) is 3.81. The van der Waals surface area contributed by atoms with Crippen molar-refractivity contribution < 1.29 is 28.3 Å². The number of carbonyl (C=O) groups is 4. The van der Waals surface area contributed by atoms with Gasteiger partial charge in [0, 0.05) is 38.3 Å². The maximum atomic E-state index is 14.1. The van der Waals surface area contributed by atoms with Crippen LogP contribution in [0.2, 0.25) is 0 Å². The molecule has 0 atom stereocenters. The first kappa shape index (κ1) is 28.2. The Morgan fingerprint density at radius 3 is 2.29 bits per heavy atom. The number of carbonyl (C=O) groups excluding carboxylic acids is 4. The minimum Gasteiger partial charge on any atom is -0.443 e. The van der Waals surface area contributed by atoms with Crippen molar-refractivity contribution in [2.75, 3.05) is 42.9 Å². The number of hydrogen-bond donors (Lipinski definition) is 4. The van der Waals surface area contributed by atoms with Crippen molar-refractivity contribution in [3.63, 3.8) is 0 Å². The Morgan fingerprint density at radius 1 is 0.974 bits per heavy atom. The summed E-state index contributed by atoms with van der Waals surface area (Å²) < 4.78 is 19.2. The number of piperazine rings is 1. The van der Waals surface area contributed by atoms with E-state index in [4.69, 9.17) is 4.74 Å². The van der Waals surface area contributed by atoms with Gasteiger partial charge in [0.2, 0.25) is 0 Å². The first-order valence-corrected chi connectivity index (χ1v) is 12.3. The van der Waals surface area contributed by atoms with Crippen LogP contribution in [-0.2, 0) is 4.74 Å². The van der Waals surface area contributed by atoms with Crippen molar-refractivity contribution in [2.24, 2.45) is 0 Å². The summed E-state index contributed by atoms with van der Waals surface area (Å²) in [7, 11) is 0. The quantitative estimate of drug-likeness (QED) is 0.441. The van der Waals surface area contributed by atoms with Crippen LogP contribution in [-0.4, -0.2) is 67.2 Å². The van der Waals surface area contributed by atoms with Gasteiger partial charge in [0.15, 0.2) is 0 Å². The summed E-state index contributed by atoms with van der Waals surface area (Å²) in [5.74, 6) is -1.56.